The Hall–Kier alpha value is -1.81. The molecule has 9 heteroatoms. The highest BCUT2D eigenvalue weighted by Gasteiger charge is 2.24. The van der Waals surface area contributed by atoms with Crippen LogP contribution in [0.25, 0.3) is 10.2 Å². The van der Waals surface area contributed by atoms with Gasteiger partial charge in [-0.1, -0.05) is 23.9 Å². The summed E-state index contributed by atoms with van der Waals surface area (Å²) in [4.78, 5) is 36.1. The van der Waals surface area contributed by atoms with Crippen molar-refractivity contribution >= 4 is 56.7 Å². The number of carbonyl (C=O) groups excluding carboxylic acids is 1. The van der Waals surface area contributed by atoms with Gasteiger partial charge in [0.25, 0.3) is 5.56 Å². The number of ether oxygens (including phenoxy) is 1. The predicted octanol–water partition coefficient (Wildman–Crippen LogP) is 4.73. The molecule has 0 aliphatic carbocycles. The Bertz CT molecular complexity index is 1190. The van der Waals surface area contributed by atoms with Crippen molar-refractivity contribution in [3.05, 3.63) is 45.1 Å². The lowest BCUT2D eigenvalue weighted by atomic mass is 10.2. The predicted molar refractivity (Wildman–Crippen MR) is 135 cm³/mol. The number of hydrogen-bond acceptors (Lipinski definition) is 7. The van der Waals surface area contributed by atoms with Crippen molar-refractivity contribution in [3.63, 3.8) is 0 Å². The molecule has 1 aliphatic heterocycles. The van der Waals surface area contributed by atoms with Crippen molar-refractivity contribution in [1.29, 1.82) is 0 Å². The van der Waals surface area contributed by atoms with E-state index < -0.39 is 0 Å². The normalized spacial score (nSPS) is 13.5. The lowest BCUT2D eigenvalue weighted by molar-refractivity contribution is -0.116. The number of fused-ring (bicyclic) bond motifs is 2. The minimum atomic E-state index is -0.0250. The Balaban J connectivity index is 1.59. The second kappa shape index (κ2) is 10.4. The molecule has 0 fully saturated rings. The average molecular weight is 490 g/mol. The number of hydrogen-bond donors (Lipinski definition) is 0. The highest BCUT2D eigenvalue weighted by Crippen LogP contribution is 2.35. The van der Waals surface area contributed by atoms with Crippen LogP contribution >= 0.6 is 34.9 Å². The molecule has 32 heavy (non-hydrogen) atoms. The second-order valence-corrected chi connectivity index (χ2v) is 10.8. The lowest BCUT2D eigenvalue weighted by Crippen LogP contribution is -2.36. The van der Waals surface area contributed by atoms with Gasteiger partial charge in [-0.15, -0.1) is 23.1 Å². The third kappa shape index (κ3) is 4.76. The zero-order valence-corrected chi connectivity index (χ0v) is 21.0. The zero-order chi connectivity index (χ0) is 22.7. The number of amides is 1. The van der Waals surface area contributed by atoms with Crippen molar-refractivity contribution in [1.82, 2.24) is 9.55 Å². The first kappa shape index (κ1) is 23.4. The van der Waals surface area contributed by atoms with Gasteiger partial charge in [0.15, 0.2) is 5.16 Å². The Morgan fingerprint density at radius 1 is 1.28 bits per heavy atom. The van der Waals surface area contributed by atoms with Crippen molar-refractivity contribution < 1.29 is 9.53 Å². The molecule has 0 unspecified atom stereocenters. The zero-order valence-electron chi connectivity index (χ0n) is 18.6. The molecule has 170 valence electrons. The van der Waals surface area contributed by atoms with E-state index in [1.807, 2.05) is 43.9 Å². The fourth-order valence-electron chi connectivity index (χ4n) is 3.72. The summed E-state index contributed by atoms with van der Waals surface area (Å²) in [7, 11) is 0. The maximum Gasteiger partial charge on any atom is 0.263 e. The van der Waals surface area contributed by atoms with Gasteiger partial charge in [0, 0.05) is 41.8 Å². The Kier molecular flexibility index (Phi) is 7.60. The summed E-state index contributed by atoms with van der Waals surface area (Å²) < 4.78 is 7.18. The number of aromatic nitrogens is 2. The van der Waals surface area contributed by atoms with Crippen molar-refractivity contribution in [2.75, 3.05) is 36.2 Å². The molecule has 0 bridgehead atoms. The molecule has 3 heterocycles. The molecule has 0 saturated heterocycles. The third-order valence-electron chi connectivity index (χ3n) is 5.48. The van der Waals surface area contributed by atoms with Gasteiger partial charge in [-0.3, -0.25) is 14.2 Å². The Morgan fingerprint density at radius 2 is 2.09 bits per heavy atom. The monoisotopic (exact) mass is 489 g/mol. The minimum Gasteiger partial charge on any atom is -0.382 e. The second-order valence-electron chi connectivity index (χ2n) is 7.52. The van der Waals surface area contributed by atoms with Crippen LogP contribution in [0.5, 0.6) is 0 Å². The van der Waals surface area contributed by atoms with Crippen molar-refractivity contribution in [2.45, 2.75) is 43.8 Å². The van der Waals surface area contributed by atoms with Crippen LogP contribution in [0.1, 0.15) is 23.8 Å². The van der Waals surface area contributed by atoms with Gasteiger partial charge in [0.1, 0.15) is 4.83 Å². The van der Waals surface area contributed by atoms with E-state index in [1.54, 1.807) is 27.7 Å². The SMILES string of the molecule is CCOCCCn1c(SCC(=O)N2CCSc3ccccc32)nc2sc(C)c(C)c2c1=O. The van der Waals surface area contributed by atoms with Crippen LogP contribution in [-0.2, 0) is 16.1 Å². The van der Waals surface area contributed by atoms with Gasteiger partial charge in [-0.25, -0.2) is 4.98 Å². The summed E-state index contributed by atoms with van der Waals surface area (Å²) in [5.74, 6) is 1.16. The first-order valence-corrected chi connectivity index (χ1v) is 13.5. The smallest absolute Gasteiger partial charge is 0.263 e. The summed E-state index contributed by atoms with van der Waals surface area (Å²) in [5, 5.41) is 1.30. The number of carbonyl (C=O) groups is 1. The number of rotatable bonds is 8. The van der Waals surface area contributed by atoms with Crippen molar-refractivity contribution in [2.24, 2.45) is 0 Å². The van der Waals surface area contributed by atoms with Crippen LogP contribution in [0.2, 0.25) is 0 Å². The fraction of sp³-hybridized carbons (Fsp3) is 0.435. The van der Waals surface area contributed by atoms with Gasteiger partial charge < -0.3 is 9.64 Å². The molecule has 0 N–H and O–H groups in total. The number of thiophene rings is 1. The van der Waals surface area contributed by atoms with E-state index in [4.69, 9.17) is 9.72 Å². The molecule has 4 rings (SSSR count). The molecular weight excluding hydrogens is 462 g/mol. The molecule has 1 aromatic carbocycles. The maximum absolute atomic E-state index is 13.3. The molecular formula is C23H27N3O3S3. The summed E-state index contributed by atoms with van der Waals surface area (Å²) >= 11 is 4.67. The molecule has 1 aliphatic rings. The molecule has 0 atom stereocenters. The summed E-state index contributed by atoms with van der Waals surface area (Å²) in [6, 6.07) is 8.01. The topological polar surface area (TPSA) is 64.4 Å². The Labute approximate surface area is 200 Å². The van der Waals surface area contributed by atoms with E-state index in [2.05, 4.69) is 6.07 Å². The van der Waals surface area contributed by atoms with Crippen LogP contribution in [-0.4, -0.2) is 46.7 Å². The van der Waals surface area contributed by atoms with E-state index in [0.29, 0.717) is 36.8 Å². The number of anilines is 1. The standard InChI is InChI=1S/C23H27N3O3S3/c1-4-29-12-7-10-26-22(28)20-15(2)16(3)32-21(20)24-23(26)31-14-19(27)25-11-13-30-18-9-6-5-8-17(18)25/h5-6,8-9H,4,7,10-14H2,1-3H3. The van der Waals surface area contributed by atoms with Gasteiger partial charge in [0.2, 0.25) is 5.91 Å². The molecule has 1 amide bonds. The summed E-state index contributed by atoms with van der Waals surface area (Å²) in [6.07, 6.45) is 0.724. The van der Waals surface area contributed by atoms with Crippen LogP contribution in [0.3, 0.4) is 0 Å². The molecule has 0 radical (unpaired) electrons. The fourth-order valence-corrected chi connectivity index (χ4v) is 6.68. The van der Waals surface area contributed by atoms with Gasteiger partial charge in [-0.2, -0.15) is 0 Å². The van der Waals surface area contributed by atoms with E-state index in [0.717, 1.165) is 38.0 Å². The third-order valence-corrected chi connectivity index (χ3v) is 8.59. The largest absolute Gasteiger partial charge is 0.382 e. The quantitative estimate of drug-likeness (QED) is 0.259. The average Bonchev–Trinajstić information content (AvgIpc) is 3.09. The van der Waals surface area contributed by atoms with Crippen LogP contribution in [0.4, 0.5) is 5.69 Å². The van der Waals surface area contributed by atoms with E-state index >= 15 is 0 Å². The van der Waals surface area contributed by atoms with Gasteiger partial charge >= 0.3 is 0 Å². The molecule has 6 nitrogen and oxygen atoms in total. The molecule has 2 aromatic heterocycles. The summed E-state index contributed by atoms with van der Waals surface area (Å²) in [5.41, 5.74) is 1.94. The number of para-hydroxylation sites is 1. The maximum atomic E-state index is 13.3. The number of nitrogens with zero attached hydrogens (tertiary/aromatic N) is 3. The lowest BCUT2D eigenvalue weighted by Gasteiger charge is -2.28. The highest BCUT2D eigenvalue weighted by molar-refractivity contribution is 8.00. The van der Waals surface area contributed by atoms with Crippen molar-refractivity contribution in [3.8, 4) is 0 Å². The van der Waals surface area contributed by atoms with Gasteiger partial charge in [0.05, 0.1) is 16.8 Å². The van der Waals surface area contributed by atoms with E-state index in [1.165, 1.54) is 11.8 Å². The van der Waals surface area contributed by atoms with Gasteiger partial charge in [-0.05, 0) is 44.9 Å². The van der Waals surface area contributed by atoms with E-state index in [9.17, 15) is 9.59 Å². The van der Waals surface area contributed by atoms with Crippen LogP contribution in [0, 0.1) is 13.8 Å². The molecule has 0 spiro atoms. The number of aryl methyl sites for hydroxylation is 2. The molecule has 0 saturated carbocycles. The Morgan fingerprint density at radius 3 is 2.91 bits per heavy atom. The van der Waals surface area contributed by atoms with E-state index in [-0.39, 0.29) is 17.2 Å². The highest BCUT2D eigenvalue weighted by atomic mass is 32.2. The first-order chi connectivity index (χ1) is 15.5. The number of benzene rings is 1. The minimum absolute atomic E-state index is 0.0250. The number of thioether (sulfide) groups is 2. The summed E-state index contributed by atoms with van der Waals surface area (Å²) in [6.45, 7) is 8.41. The van der Waals surface area contributed by atoms with Crippen LogP contribution < -0.4 is 10.5 Å². The first-order valence-electron chi connectivity index (χ1n) is 10.7. The van der Waals surface area contributed by atoms with Crippen LogP contribution in [0.15, 0.2) is 39.1 Å². The molecule has 3 aromatic rings.